The van der Waals surface area contributed by atoms with Crippen LogP contribution in [-0.4, -0.2) is 31.9 Å². The zero-order chi connectivity index (χ0) is 14.9. The second-order valence-electron chi connectivity index (χ2n) is 4.99. The third kappa shape index (κ3) is 2.88. The molecule has 1 aromatic carbocycles. The number of rotatable bonds is 3. The van der Waals surface area contributed by atoms with Gasteiger partial charge in [-0.1, -0.05) is 6.07 Å². The Balaban J connectivity index is 1.92. The van der Waals surface area contributed by atoms with Gasteiger partial charge in [0.05, 0.1) is 10.4 Å². The minimum atomic E-state index is -3.65. The van der Waals surface area contributed by atoms with Gasteiger partial charge in [-0.25, -0.2) is 13.1 Å². The number of carbonyl (C=O) groups excluding carboxylic acids is 1. The number of sulfonamides is 1. The van der Waals surface area contributed by atoms with Gasteiger partial charge in [-0.2, -0.15) is 0 Å². The first-order valence-electron chi connectivity index (χ1n) is 6.69. The number of carbonyl (C=O) groups is 1. The molecule has 0 saturated carbocycles. The van der Waals surface area contributed by atoms with Crippen LogP contribution in [0, 0.1) is 0 Å². The number of piperidine rings is 1. The highest BCUT2D eigenvalue weighted by molar-refractivity contribution is 7.89. The molecule has 1 atom stereocenters. The Labute approximate surface area is 122 Å². The van der Waals surface area contributed by atoms with Gasteiger partial charge >= 0.3 is 0 Å². The molecule has 1 aliphatic heterocycles. The predicted octanol–water partition coefficient (Wildman–Crippen LogP) is 0.792. The Kier molecular flexibility index (Phi) is 3.60. The van der Waals surface area contributed by atoms with E-state index < -0.39 is 10.0 Å². The number of hydrogen-bond donors (Lipinski definition) is 2. The van der Waals surface area contributed by atoms with E-state index in [1.54, 1.807) is 36.5 Å². The standard InChI is InChI=1S/C14H15N3O3S/c18-14-7-6-10(9-16-14)17-21(19,20)13-5-1-4-12-11(13)3-2-8-15-12/h1-5,8,10,17H,6-7,9H2,(H,16,18). The van der Waals surface area contributed by atoms with Gasteiger partial charge in [-0.15, -0.1) is 0 Å². The molecule has 2 aromatic rings. The lowest BCUT2D eigenvalue weighted by Crippen LogP contribution is -2.47. The van der Waals surface area contributed by atoms with E-state index >= 15 is 0 Å². The van der Waals surface area contributed by atoms with Gasteiger partial charge in [0.2, 0.25) is 15.9 Å². The molecule has 7 heteroatoms. The van der Waals surface area contributed by atoms with E-state index in [2.05, 4.69) is 15.0 Å². The number of benzene rings is 1. The molecular weight excluding hydrogens is 290 g/mol. The van der Waals surface area contributed by atoms with Crippen molar-refractivity contribution in [3.8, 4) is 0 Å². The van der Waals surface area contributed by atoms with Crippen LogP contribution in [-0.2, 0) is 14.8 Å². The van der Waals surface area contributed by atoms with Crippen molar-refractivity contribution in [3.05, 3.63) is 36.5 Å². The van der Waals surface area contributed by atoms with E-state index in [4.69, 9.17) is 0 Å². The summed E-state index contributed by atoms with van der Waals surface area (Å²) < 4.78 is 27.7. The van der Waals surface area contributed by atoms with Crippen molar-refractivity contribution in [2.75, 3.05) is 6.54 Å². The maximum absolute atomic E-state index is 12.5. The van der Waals surface area contributed by atoms with Crippen LogP contribution >= 0.6 is 0 Å². The Hall–Kier alpha value is -1.99. The SMILES string of the molecule is O=C1CCC(NS(=O)(=O)c2cccc3ncccc23)CN1. The van der Waals surface area contributed by atoms with Gasteiger partial charge in [0.1, 0.15) is 0 Å². The third-order valence-corrected chi connectivity index (χ3v) is 5.06. The molecule has 0 aliphatic carbocycles. The van der Waals surface area contributed by atoms with Crippen molar-refractivity contribution in [2.24, 2.45) is 0 Å². The van der Waals surface area contributed by atoms with E-state index in [1.165, 1.54) is 0 Å². The number of hydrogen-bond acceptors (Lipinski definition) is 4. The number of aromatic nitrogens is 1. The average Bonchev–Trinajstić information content (AvgIpc) is 2.49. The third-order valence-electron chi connectivity index (χ3n) is 3.48. The summed E-state index contributed by atoms with van der Waals surface area (Å²) in [4.78, 5) is 15.5. The van der Waals surface area contributed by atoms with E-state index in [-0.39, 0.29) is 16.8 Å². The molecule has 3 rings (SSSR count). The van der Waals surface area contributed by atoms with Crippen LogP contribution < -0.4 is 10.0 Å². The second-order valence-corrected chi connectivity index (χ2v) is 6.67. The minimum absolute atomic E-state index is 0.0418. The summed E-state index contributed by atoms with van der Waals surface area (Å²) in [6.07, 6.45) is 2.47. The fourth-order valence-corrected chi connectivity index (χ4v) is 3.91. The Morgan fingerprint density at radius 3 is 2.86 bits per heavy atom. The molecule has 21 heavy (non-hydrogen) atoms. The molecule has 1 aromatic heterocycles. The summed E-state index contributed by atoms with van der Waals surface area (Å²) >= 11 is 0. The van der Waals surface area contributed by atoms with Gasteiger partial charge in [0.25, 0.3) is 0 Å². The zero-order valence-corrected chi connectivity index (χ0v) is 12.1. The molecule has 0 bridgehead atoms. The summed E-state index contributed by atoms with van der Waals surface area (Å²) in [5.41, 5.74) is 0.636. The fourth-order valence-electron chi connectivity index (χ4n) is 2.43. The van der Waals surface area contributed by atoms with E-state index in [1.807, 2.05) is 0 Å². The number of amides is 1. The molecule has 1 saturated heterocycles. The number of nitrogens with one attached hydrogen (secondary N) is 2. The molecule has 2 N–H and O–H groups in total. The van der Waals surface area contributed by atoms with E-state index in [9.17, 15) is 13.2 Å². The van der Waals surface area contributed by atoms with Crippen LogP contribution in [0.1, 0.15) is 12.8 Å². The van der Waals surface area contributed by atoms with Gasteiger partial charge in [0, 0.05) is 30.6 Å². The number of pyridine rings is 1. The molecular formula is C14H15N3O3S. The van der Waals surface area contributed by atoms with Crippen molar-refractivity contribution < 1.29 is 13.2 Å². The first kappa shape index (κ1) is 14.0. The summed E-state index contributed by atoms with van der Waals surface area (Å²) in [5, 5.41) is 3.26. The summed E-state index contributed by atoms with van der Waals surface area (Å²) in [5.74, 6) is -0.0418. The first-order valence-corrected chi connectivity index (χ1v) is 8.17. The molecule has 1 unspecified atom stereocenters. The second kappa shape index (κ2) is 5.42. The summed E-state index contributed by atoms with van der Waals surface area (Å²) in [6.45, 7) is 0.321. The van der Waals surface area contributed by atoms with Crippen molar-refractivity contribution in [2.45, 2.75) is 23.8 Å². The predicted molar refractivity (Wildman–Crippen MR) is 78.1 cm³/mol. The number of nitrogens with zero attached hydrogens (tertiary/aromatic N) is 1. The molecule has 1 aliphatic rings. The van der Waals surface area contributed by atoms with Crippen LogP contribution in [0.15, 0.2) is 41.4 Å². The number of fused-ring (bicyclic) bond motifs is 1. The van der Waals surface area contributed by atoms with Crippen LogP contribution in [0.4, 0.5) is 0 Å². The lowest BCUT2D eigenvalue weighted by Gasteiger charge is -2.23. The highest BCUT2D eigenvalue weighted by atomic mass is 32.2. The Morgan fingerprint density at radius 2 is 2.10 bits per heavy atom. The Morgan fingerprint density at radius 1 is 1.24 bits per heavy atom. The maximum Gasteiger partial charge on any atom is 0.241 e. The lowest BCUT2D eigenvalue weighted by molar-refractivity contribution is -0.122. The molecule has 6 nitrogen and oxygen atoms in total. The van der Waals surface area contributed by atoms with Crippen LogP contribution in [0.2, 0.25) is 0 Å². The zero-order valence-electron chi connectivity index (χ0n) is 11.2. The van der Waals surface area contributed by atoms with Crippen molar-refractivity contribution >= 4 is 26.8 Å². The Bertz CT molecular complexity index is 774. The normalized spacial score (nSPS) is 19.4. The highest BCUT2D eigenvalue weighted by Gasteiger charge is 2.25. The van der Waals surface area contributed by atoms with E-state index in [0.29, 0.717) is 30.3 Å². The minimum Gasteiger partial charge on any atom is -0.355 e. The van der Waals surface area contributed by atoms with E-state index in [0.717, 1.165) is 0 Å². The molecule has 0 spiro atoms. The van der Waals surface area contributed by atoms with Crippen LogP contribution in [0.3, 0.4) is 0 Å². The molecule has 1 amide bonds. The first-order chi connectivity index (χ1) is 10.1. The molecule has 2 heterocycles. The van der Waals surface area contributed by atoms with Crippen LogP contribution in [0.25, 0.3) is 10.9 Å². The van der Waals surface area contributed by atoms with Crippen molar-refractivity contribution in [1.29, 1.82) is 0 Å². The largest absolute Gasteiger partial charge is 0.355 e. The van der Waals surface area contributed by atoms with Gasteiger partial charge < -0.3 is 5.32 Å². The molecule has 1 fully saturated rings. The van der Waals surface area contributed by atoms with Gasteiger partial charge in [-0.05, 0) is 30.7 Å². The fraction of sp³-hybridized carbons (Fsp3) is 0.286. The monoisotopic (exact) mass is 305 g/mol. The van der Waals surface area contributed by atoms with Crippen LogP contribution in [0.5, 0.6) is 0 Å². The molecule has 0 radical (unpaired) electrons. The van der Waals surface area contributed by atoms with Gasteiger partial charge in [0.15, 0.2) is 0 Å². The lowest BCUT2D eigenvalue weighted by atomic mass is 10.1. The maximum atomic E-state index is 12.5. The quantitative estimate of drug-likeness (QED) is 0.877. The highest BCUT2D eigenvalue weighted by Crippen LogP contribution is 2.21. The van der Waals surface area contributed by atoms with Crippen molar-refractivity contribution in [1.82, 2.24) is 15.0 Å². The average molecular weight is 305 g/mol. The summed E-state index contributed by atoms with van der Waals surface area (Å²) in [7, 11) is -3.65. The van der Waals surface area contributed by atoms with Gasteiger partial charge in [-0.3, -0.25) is 9.78 Å². The van der Waals surface area contributed by atoms with Crippen molar-refractivity contribution in [3.63, 3.8) is 0 Å². The smallest absolute Gasteiger partial charge is 0.241 e. The summed E-state index contributed by atoms with van der Waals surface area (Å²) in [6, 6.07) is 8.18. The topological polar surface area (TPSA) is 88.2 Å². The molecule has 110 valence electrons.